The molecule has 0 spiro atoms. The highest BCUT2D eigenvalue weighted by molar-refractivity contribution is 9.10. The highest BCUT2D eigenvalue weighted by Crippen LogP contribution is 2.36. The first-order chi connectivity index (χ1) is 8.45. The fourth-order valence-corrected chi connectivity index (χ4v) is 1.91. The summed E-state index contributed by atoms with van der Waals surface area (Å²) < 4.78 is 38.8. The van der Waals surface area contributed by atoms with Gasteiger partial charge in [0, 0.05) is 23.3 Å². The number of unbranched alkanes of at least 4 members (excludes halogenated alkanes) is 2. The van der Waals surface area contributed by atoms with Gasteiger partial charge in [-0.25, -0.2) is 0 Å². The molecular weight excluding hydrogens is 311 g/mol. The molecule has 0 fully saturated rings. The molecular formula is C12H15BrF3NO. The van der Waals surface area contributed by atoms with E-state index in [1.807, 2.05) is 0 Å². The van der Waals surface area contributed by atoms with Gasteiger partial charge in [-0.05, 0) is 37.5 Å². The average molecular weight is 326 g/mol. The fourth-order valence-electron chi connectivity index (χ4n) is 1.55. The second kappa shape index (κ2) is 6.99. The van der Waals surface area contributed by atoms with Crippen LogP contribution in [-0.2, 0) is 6.18 Å². The quantitative estimate of drug-likeness (QED) is 0.773. The largest absolute Gasteiger partial charge is 0.418 e. The van der Waals surface area contributed by atoms with Crippen molar-refractivity contribution < 1.29 is 18.3 Å². The molecule has 2 nitrogen and oxygen atoms in total. The third-order valence-corrected chi connectivity index (χ3v) is 2.93. The van der Waals surface area contributed by atoms with Crippen molar-refractivity contribution in [2.24, 2.45) is 0 Å². The van der Waals surface area contributed by atoms with Crippen molar-refractivity contribution in [3.05, 3.63) is 28.2 Å². The number of hydrogen-bond acceptors (Lipinski definition) is 2. The molecule has 0 bridgehead atoms. The molecule has 1 rings (SSSR count). The third-order valence-electron chi connectivity index (χ3n) is 2.44. The van der Waals surface area contributed by atoms with E-state index in [4.69, 9.17) is 5.11 Å². The van der Waals surface area contributed by atoms with E-state index in [1.54, 1.807) is 0 Å². The van der Waals surface area contributed by atoms with Crippen molar-refractivity contribution in [3.8, 4) is 0 Å². The lowest BCUT2D eigenvalue weighted by molar-refractivity contribution is -0.137. The van der Waals surface area contributed by atoms with Crippen LogP contribution in [0.15, 0.2) is 22.7 Å². The van der Waals surface area contributed by atoms with E-state index in [0.29, 0.717) is 17.4 Å². The summed E-state index contributed by atoms with van der Waals surface area (Å²) in [5.41, 5.74) is -0.575. The molecule has 1 aromatic carbocycles. The minimum Gasteiger partial charge on any atom is -0.396 e. The summed E-state index contributed by atoms with van der Waals surface area (Å²) in [5, 5.41) is 11.4. The van der Waals surface area contributed by atoms with Crippen molar-refractivity contribution in [3.63, 3.8) is 0 Å². The van der Waals surface area contributed by atoms with Crippen molar-refractivity contribution in [2.75, 3.05) is 18.5 Å². The maximum absolute atomic E-state index is 12.7. The molecule has 0 amide bonds. The van der Waals surface area contributed by atoms with Gasteiger partial charge in [-0.1, -0.05) is 15.9 Å². The Bertz CT molecular complexity index is 382. The fraction of sp³-hybridized carbons (Fsp3) is 0.500. The van der Waals surface area contributed by atoms with Crippen molar-refractivity contribution in [1.82, 2.24) is 0 Å². The van der Waals surface area contributed by atoms with Gasteiger partial charge in [0.05, 0.1) is 5.56 Å². The molecule has 0 heterocycles. The summed E-state index contributed by atoms with van der Waals surface area (Å²) in [6.45, 7) is 0.574. The van der Waals surface area contributed by atoms with Crippen LogP contribution in [-0.4, -0.2) is 18.3 Å². The van der Waals surface area contributed by atoms with Crippen LogP contribution in [0.1, 0.15) is 24.8 Å². The summed E-state index contributed by atoms with van der Waals surface area (Å²) >= 11 is 3.16. The van der Waals surface area contributed by atoms with E-state index in [0.717, 1.165) is 18.9 Å². The molecule has 0 aromatic heterocycles. The lowest BCUT2D eigenvalue weighted by Crippen LogP contribution is -2.11. The van der Waals surface area contributed by atoms with Gasteiger partial charge in [-0.15, -0.1) is 0 Å². The van der Waals surface area contributed by atoms with Gasteiger partial charge < -0.3 is 10.4 Å². The summed E-state index contributed by atoms with van der Waals surface area (Å²) in [5.74, 6) is 0. The molecule has 2 N–H and O–H groups in total. The monoisotopic (exact) mass is 325 g/mol. The van der Waals surface area contributed by atoms with Crippen LogP contribution in [0.2, 0.25) is 0 Å². The molecule has 1 aromatic rings. The van der Waals surface area contributed by atoms with Crippen molar-refractivity contribution in [1.29, 1.82) is 0 Å². The number of rotatable bonds is 6. The summed E-state index contributed by atoms with van der Waals surface area (Å²) in [4.78, 5) is 0. The first-order valence-electron chi connectivity index (χ1n) is 5.66. The van der Waals surface area contributed by atoms with E-state index in [2.05, 4.69) is 21.2 Å². The Hall–Kier alpha value is -0.750. The van der Waals surface area contributed by atoms with Gasteiger partial charge in [0.1, 0.15) is 0 Å². The molecule has 0 saturated heterocycles. The summed E-state index contributed by atoms with van der Waals surface area (Å²) in [6, 6.07) is 3.86. The first-order valence-corrected chi connectivity index (χ1v) is 6.46. The number of hydrogen-bond donors (Lipinski definition) is 2. The minimum atomic E-state index is -4.35. The van der Waals surface area contributed by atoms with Crippen LogP contribution in [0, 0.1) is 0 Å². The first kappa shape index (κ1) is 15.3. The van der Waals surface area contributed by atoms with Crippen LogP contribution >= 0.6 is 15.9 Å². The highest BCUT2D eigenvalue weighted by Gasteiger charge is 2.33. The van der Waals surface area contributed by atoms with E-state index in [1.165, 1.54) is 12.1 Å². The topological polar surface area (TPSA) is 32.3 Å². The maximum Gasteiger partial charge on any atom is 0.418 e. The molecule has 102 valence electrons. The van der Waals surface area contributed by atoms with Crippen molar-refractivity contribution in [2.45, 2.75) is 25.4 Å². The third kappa shape index (κ3) is 4.86. The average Bonchev–Trinajstić information content (AvgIpc) is 2.27. The molecule has 18 heavy (non-hydrogen) atoms. The number of alkyl halides is 3. The van der Waals surface area contributed by atoms with E-state index >= 15 is 0 Å². The summed E-state index contributed by atoms with van der Waals surface area (Å²) in [6.07, 6.45) is -2.16. The molecule has 0 atom stereocenters. The normalized spacial score (nSPS) is 11.6. The van der Waals surface area contributed by atoms with Crippen LogP contribution < -0.4 is 5.32 Å². The number of nitrogens with one attached hydrogen (secondary N) is 1. The molecule has 0 aliphatic heterocycles. The standard InChI is InChI=1S/C12H15BrF3NO/c13-9-4-5-10(12(14,15)16)11(8-9)17-6-2-1-3-7-18/h4-5,8,17-18H,1-3,6-7H2. The van der Waals surface area contributed by atoms with Crippen LogP contribution in [0.3, 0.4) is 0 Å². The Morgan fingerprint density at radius 1 is 1.17 bits per heavy atom. The predicted octanol–water partition coefficient (Wildman–Crippen LogP) is 4.04. The Labute approximate surface area is 112 Å². The highest BCUT2D eigenvalue weighted by atomic mass is 79.9. The lowest BCUT2D eigenvalue weighted by Gasteiger charge is -2.14. The molecule has 0 radical (unpaired) electrons. The van der Waals surface area contributed by atoms with Gasteiger partial charge in [-0.3, -0.25) is 0 Å². The van der Waals surface area contributed by atoms with E-state index in [-0.39, 0.29) is 12.3 Å². The van der Waals surface area contributed by atoms with Gasteiger partial charge in [0.2, 0.25) is 0 Å². The zero-order valence-electron chi connectivity index (χ0n) is 9.73. The molecule has 6 heteroatoms. The van der Waals surface area contributed by atoms with Gasteiger partial charge in [-0.2, -0.15) is 13.2 Å². The molecule has 0 aliphatic carbocycles. The molecule has 0 unspecified atom stereocenters. The second-order valence-corrected chi connectivity index (χ2v) is 4.81. The Kier molecular flexibility index (Phi) is 5.95. The SMILES string of the molecule is OCCCCCNc1cc(Br)ccc1C(F)(F)F. The molecule has 0 saturated carbocycles. The number of aliphatic hydroxyl groups is 1. The smallest absolute Gasteiger partial charge is 0.396 e. The zero-order valence-corrected chi connectivity index (χ0v) is 11.3. The predicted molar refractivity (Wildman–Crippen MR) is 68.6 cm³/mol. The van der Waals surface area contributed by atoms with Gasteiger partial charge in [0.15, 0.2) is 0 Å². The van der Waals surface area contributed by atoms with Crippen LogP contribution in [0.4, 0.5) is 18.9 Å². The van der Waals surface area contributed by atoms with E-state index in [9.17, 15) is 13.2 Å². The summed E-state index contributed by atoms with van der Waals surface area (Å²) in [7, 11) is 0. The van der Waals surface area contributed by atoms with Gasteiger partial charge >= 0.3 is 6.18 Å². The van der Waals surface area contributed by atoms with Crippen LogP contribution in [0.5, 0.6) is 0 Å². The Morgan fingerprint density at radius 2 is 1.89 bits per heavy atom. The molecule has 0 aliphatic rings. The van der Waals surface area contributed by atoms with Gasteiger partial charge in [0.25, 0.3) is 0 Å². The Morgan fingerprint density at radius 3 is 2.50 bits per heavy atom. The van der Waals surface area contributed by atoms with E-state index < -0.39 is 11.7 Å². The maximum atomic E-state index is 12.7. The minimum absolute atomic E-state index is 0.0841. The number of aliphatic hydroxyl groups excluding tert-OH is 1. The number of benzene rings is 1. The van der Waals surface area contributed by atoms with Crippen LogP contribution in [0.25, 0.3) is 0 Å². The zero-order chi connectivity index (χ0) is 13.6. The number of anilines is 1. The Balaban J connectivity index is 2.65. The lowest BCUT2D eigenvalue weighted by atomic mass is 10.1. The number of halogens is 4. The van der Waals surface area contributed by atoms with Crippen molar-refractivity contribution >= 4 is 21.6 Å². The second-order valence-electron chi connectivity index (χ2n) is 3.90.